The zero-order chi connectivity index (χ0) is 15.9. The van der Waals surface area contributed by atoms with Crippen molar-refractivity contribution in [1.29, 1.82) is 0 Å². The van der Waals surface area contributed by atoms with E-state index in [1.165, 1.54) is 5.56 Å². The molecule has 4 nitrogen and oxygen atoms in total. The third-order valence-corrected chi connectivity index (χ3v) is 4.81. The quantitative estimate of drug-likeness (QED) is 0.799. The third kappa shape index (κ3) is 2.52. The van der Waals surface area contributed by atoms with Crippen LogP contribution in [0.25, 0.3) is 10.9 Å². The van der Waals surface area contributed by atoms with E-state index in [9.17, 15) is 4.79 Å². The van der Waals surface area contributed by atoms with Crippen LogP contribution in [0.2, 0.25) is 0 Å². The number of nitrogens with zero attached hydrogens (tertiary/aromatic N) is 2. The maximum atomic E-state index is 12.8. The molecule has 5 heteroatoms. The molecule has 1 N–H and O–H groups in total. The minimum absolute atomic E-state index is 0.0116. The van der Waals surface area contributed by atoms with Crippen LogP contribution in [-0.4, -0.2) is 27.8 Å². The van der Waals surface area contributed by atoms with Crippen LogP contribution in [0.15, 0.2) is 23.6 Å². The average Bonchev–Trinajstić information content (AvgIpc) is 3.02. The number of para-hydroxylation sites is 1. The second-order valence-electron chi connectivity index (χ2n) is 5.62. The lowest BCUT2D eigenvalue weighted by atomic mass is 10.1. The van der Waals surface area contributed by atoms with Gasteiger partial charge in [0.2, 0.25) is 0 Å². The van der Waals surface area contributed by atoms with E-state index in [2.05, 4.69) is 23.0 Å². The Kier molecular flexibility index (Phi) is 3.74. The number of benzene rings is 1. The monoisotopic (exact) mass is 313 g/mol. The molecule has 0 aliphatic rings. The Morgan fingerprint density at radius 1 is 1.32 bits per heavy atom. The number of carbonyl (C=O) groups excluding carboxylic acids is 1. The first-order chi connectivity index (χ1) is 10.5. The summed E-state index contributed by atoms with van der Waals surface area (Å²) in [5, 5.41) is 4.14. The number of rotatable bonds is 3. The van der Waals surface area contributed by atoms with Crippen molar-refractivity contribution in [2.75, 3.05) is 7.05 Å². The van der Waals surface area contributed by atoms with Gasteiger partial charge >= 0.3 is 0 Å². The number of aromatic nitrogens is 2. The lowest BCUT2D eigenvalue weighted by molar-refractivity contribution is 0.0785. The number of hydrogen-bond donors (Lipinski definition) is 1. The number of carbonyl (C=O) groups is 1. The highest BCUT2D eigenvalue weighted by Crippen LogP contribution is 2.25. The maximum Gasteiger partial charge on any atom is 0.256 e. The van der Waals surface area contributed by atoms with E-state index in [1.807, 2.05) is 38.4 Å². The average molecular weight is 313 g/mol. The van der Waals surface area contributed by atoms with Gasteiger partial charge in [-0.05, 0) is 32.4 Å². The predicted octanol–water partition coefficient (Wildman–Crippen LogP) is 3.82. The van der Waals surface area contributed by atoms with Gasteiger partial charge in [0.25, 0.3) is 5.91 Å². The van der Waals surface area contributed by atoms with E-state index in [-0.39, 0.29) is 5.91 Å². The fraction of sp³-hybridized carbons (Fsp3) is 0.294. The molecule has 0 aliphatic heterocycles. The smallest absolute Gasteiger partial charge is 0.256 e. The number of fused-ring (bicyclic) bond motifs is 1. The predicted molar refractivity (Wildman–Crippen MR) is 90.4 cm³/mol. The Balaban J connectivity index is 1.93. The van der Waals surface area contributed by atoms with E-state index in [4.69, 9.17) is 0 Å². The first-order valence-electron chi connectivity index (χ1n) is 7.21. The lowest BCUT2D eigenvalue weighted by Crippen LogP contribution is -2.26. The summed E-state index contributed by atoms with van der Waals surface area (Å²) >= 11 is 1.61. The zero-order valence-corrected chi connectivity index (χ0v) is 14.0. The fourth-order valence-electron chi connectivity index (χ4n) is 2.66. The molecule has 114 valence electrons. The van der Waals surface area contributed by atoms with Crippen LogP contribution in [0.5, 0.6) is 0 Å². The van der Waals surface area contributed by atoms with Crippen molar-refractivity contribution in [1.82, 2.24) is 14.9 Å². The van der Waals surface area contributed by atoms with Gasteiger partial charge in [-0.15, -0.1) is 11.3 Å². The van der Waals surface area contributed by atoms with E-state index in [1.54, 1.807) is 16.2 Å². The number of aryl methyl sites for hydroxylation is 3. The molecule has 2 heterocycles. The molecule has 0 atom stereocenters. The van der Waals surface area contributed by atoms with Crippen molar-refractivity contribution in [2.24, 2.45) is 0 Å². The molecule has 0 radical (unpaired) electrons. The highest BCUT2D eigenvalue weighted by atomic mass is 32.1. The zero-order valence-electron chi connectivity index (χ0n) is 13.2. The van der Waals surface area contributed by atoms with E-state index in [0.29, 0.717) is 12.1 Å². The highest BCUT2D eigenvalue weighted by Gasteiger charge is 2.18. The Morgan fingerprint density at radius 3 is 2.77 bits per heavy atom. The Morgan fingerprint density at radius 2 is 2.09 bits per heavy atom. The Bertz CT molecular complexity index is 847. The summed E-state index contributed by atoms with van der Waals surface area (Å²) in [4.78, 5) is 22.3. The van der Waals surface area contributed by atoms with Crippen molar-refractivity contribution in [3.63, 3.8) is 0 Å². The molecule has 0 saturated carbocycles. The molecular weight excluding hydrogens is 294 g/mol. The summed E-state index contributed by atoms with van der Waals surface area (Å²) in [6, 6.07) is 5.87. The van der Waals surface area contributed by atoms with E-state index in [0.717, 1.165) is 27.3 Å². The van der Waals surface area contributed by atoms with Gasteiger partial charge in [0, 0.05) is 23.5 Å². The largest absolute Gasteiger partial charge is 0.358 e. The third-order valence-electron chi connectivity index (χ3n) is 3.99. The summed E-state index contributed by atoms with van der Waals surface area (Å²) in [6.07, 6.45) is 0. The number of nitrogens with one attached hydrogen (secondary N) is 1. The van der Waals surface area contributed by atoms with Crippen LogP contribution < -0.4 is 0 Å². The standard InChI is InChI=1S/C17H19N3OS/c1-10-11(2)18-16-14(10)6-5-7-15(16)17(21)20(4)8-13-9-22-12(3)19-13/h5-7,9,18H,8H2,1-4H3. The summed E-state index contributed by atoms with van der Waals surface area (Å²) in [5.74, 6) is 0.0116. The van der Waals surface area contributed by atoms with Crippen LogP contribution in [0.4, 0.5) is 0 Å². The summed E-state index contributed by atoms with van der Waals surface area (Å²) in [5.41, 5.74) is 4.87. The maximum absolute atomic E-state index is 12.8. The van der Waals surface area contributed by atoms with Gasteiger partial charge in [0.15, 0.2) is 0 Å². The summed E-state index contributed by atoms with van der Waals surface area (Å²) in [6.45, 7) is 6.61. The van der Waals surface area contributed by atoms with Gasteiger partial charge in [-0.1, -0.05) is 12.1 Å². The van der Waals surface area contributed by atoms with Crippen LogP contribution in [0.3, 0.4) is 0 Å². The second-order valence-corrected chi connectivity index (χ2v) is 6.68. The molecule has 0 spiro atoms. The number of amides is 1. The molecule has 0 fully saturated rings. The summed E-state index contributed by atoms with van der Waals surface area (Å²) < 4.78 is 0. The minimum Gasteiger partial charge on any atom is -0.358 e. The SMILES string of the molecule is Cc1nc(CN(C)C(=O)c2cccc3c(C)c(C)[nH]c23)cs1. The van der Waals surface area contributed by atoms with Gasteiger partial charge in [-0.25, -0.2) is 4.98 Å². The molecule has 0 saturated heterocycles. The van der Waals surface area contributed by atoms with Crippen LogP contribution in [0, 0.1) is 20.8 Å². The molecule has 0 unspecified atom stereocenters. The normalized spacial score (nSPS) is 11.1. The molecule has 22 heavy (non-hydrogen) atoms. The van der Waals surface area contributed by atoms with Crippen molar-refractivity contribution in [3.8, 4) is 0 Å². The van der Waals surface area contributed by atoms with Crippen molar-refractivity contribution >= 4 is 28.1 Å². The topological polar surface area (TPSA) is 49.0 Å². The Labute approximate surface area is 133 Å². The Hall–Kier alpha value is -2.14. The molecular formula is C17H19N3OS. The van der Waals surface area contributed by atoms with Gasteiger partial charge in [-0.3, -0.25) is 4.79 Å². The van der Waals surface area contributed by atoms with Crippen molar-refractivity contribution in [2.45, 2.75) is 27.3 Å². The number of hydrogen-bond acceptors (Lipinski definition) is 3. The molecule has 0 aliphatic carbocycles. The minimum atomic E-state index is 0.0116. The number of H-pyrrole nitrogens is 1. The molecule has 2 aromatic heterocycles. The van der Waals surface area contributed by atoms with Gasteiger partial charge in [0.05, 0.1) is 28.3 Å². The van der Waals surface area contributed by atoms with Crippen molar-refractivity contribution < 1.29 is 4.79 Å². The van der Waals surface area contributed by atoms with Gasteiger partial charge in [-0.2, -0.15) is 0 Å². The lowest BCUT2D eigenvalue weighted by Gasteiger charge is -2.16. The first-order valence-corrected chi connectivity index (χ1v) is 8.09. The van der Waals surface area contributed by atoms with E-state index >= 15 is 0 Å². The molecule has 3 aromatic rings. The molecule has 1 aromatic carbocycles. The van der Waals surface area contributed by atoms with Crippen LogP contribution in [-0.2, 0) is 6.54 Å². The highest BCUT2D eigenvalue weighted by molar-refractivity contribution is 7.09. The summed E-state index contributed by atoms with van der Waals surface area (Å²) in [7, 11) is 1.82. The van der Waals surface area contributed by atoms with Crippen LogP contribution >= 0.6 is 11.3 Å². The van der Waals surface area contributed by atoms with Crippen LogP contribution in [0.1, 0.15) is 32.3 Å². The fourth-order valence-corrected chi connectivity index (χ4v) is 3.27. The molecule has 3 rings (SSSR count). The molecule has 1 amide bonds. The van der Waals surface area contributed by atoms with E-state index < -0.39 is 0 Å². The van der Waals surface area contributed by atoms with Crippen molar-refractivity contribution in [3.05, 3.63) is 51.1 Å². The van der Waals surface area contributed by atoms with Gasteiger partial charge in [0.1, 0.15) is 0 Å². The molecule has 0 bridgehead atoms. The number of thiazole rings is 1. The first kappa shape index (κ1) is 14.8. The van der Waals surface area contributed by atoms with Gasteiger partial charge < -0.3 is 9.88 Å². The second kappa shape index (κ2) is 5.57. The number of aromatic amines is 1.